The van der Waals surface area contributed by atoms with Gasteiger partial charge >= 0.3 is 5.97 Å². The summed E-state index contributed by atoms with van der Waals surface area (Å²) in [6, 6.07) is 5.08. The van der Waals surface area contributed by atoms with Crippen LogP contribution in [-0.4, -0.2) is 52.9 Å². The number of nitrogens with zero attached hydrogens (tertiary/aromatic N) is 2. The molecule has 0 radical (unpaired) electrons. The Balaban J connectivity index is 1.76. The number of benzene rings is 1. The minimum Gasteiger partial charge on any atom is -0.497 e. The highest BCUT2D eigenvalue weighted by atomic mass is 19.1. The number of pyridine rings is 1. The third-order valence-corrected chi connectivity index (χ3v) is 4.68. The molecule has 0 saturated carbocycles. The predicted molar refractivity (Wildman–Crippen MR) is 93.1 cm³/mol. The maximum atomic E-state index is 14.4. The fourth-order valence-corrected chi connectivity index (χ4v) is 3.27. The molecule has 2 unspecified atom stereocenters. The molecular formula is C18H22FN3O4. The summed E-state index contributed by atoms with van der Waals surface area (Å²) < 4.78 is 19.5. The summed E-state index contributed by atoms with van der Waals surface area (Å²) in [5, 5.41) is 22.0. The van der Waals surface area contributed by atoms with Crippen molar-refractivity contribution in [1.29, 1.82) is 0 Å². The molecule has 1 fully saturated rings. The quantitative estimate of drug-likeness (QED) is 0.719. The van der Waals surface area contributed by atoms with Crippen LogP contribution in [0.2, 0.25) is 0 Å². The largest absolute Gasteiger partial charge is 0.497 e. The molecule has 3 N–H and O–H groups in total. The Hall–Kier alpha value is -2.29. The van der Waals surface area contributed by atoms with Gasteiger partial charge in [-0.2, -0.15) is 0 Å². The maximum Gasteiger partial charge on any atom is 0.307 e. The molecule has 0 bridgehead atoms. The molecule has 0 aliphatic carbocycles. The monoisotopic (exact) mass is 363 g/mol. The van der Waals surface area contributed by atoms with E-state index in [1.807, 2.05) is 0 Å². The standard InChI is InChI=1S/C18H22FN3O4/c1-26-12-4-5-15-13(7-12)17(14(19)8-20-15)16(23)9-21-22-6-2-3-11(10-22)18(24)25/h4-5,7-8,11,16,21,23H,2-3,6,9-10H2,1H3,(H,24,25). The van der Waals surface area contributed by atoms with E-state index in [1.54, 1.807) is 23.2 Å². The van der Waals surface area contributed by atoms with E-state index in [2.05, 4.69) is 10.4 Å². The van der Waals surface area contributed by atoms with Crippen LogP contribution in [0.15, 0.2) is 24.4 Å². The molecule has 26 heavy (non-hydrogen) atoms. The second-order valence-corrected chi connectivity index (χ2v) is 6.40. The maximum absolute atomic E-state index is 14.4. The van der Waals surface area contributed by atoms with Gasteiger partial charge in [-0.1, -0.05) is 0 Å². The highest BCUT2D eigenvalue weighted by molar-refractivity contribution is 5.84. The van der Waals surface area contributed by atoms with Crippen LogP contribution in [0.4, 0.5) is 4.39 Å². The van der Waals surface area contributed by atoms with Gasteiger partial charge in [-0.05, 0) is 31.0 Å². The first kappa shape index (κ1) is 18.5. The summed E-state index contributed by atoms with van der Waals surface area (Å²) in [4.78, 5) is 15.2. The molecule has 1 aliphatic heterocycles. The van der Waals surface area contributed by atoms with Gasteiger partial charge in [0.25, 0.3) is 0 Å². The van der Waals surface area contributed by atoms with Gasteiger partial charge in [0.05, 0.1) is 30.8 Å². The number of carboxylic acids is 1. The molecule has 1 saturated heterocycles. The fourth-order valence-electron chi connectivity index (χ4n) is 3.27. The summed E-state index contributed by atoms with van der Waals surface area (Å²) in [6.45, 7) is 1.11. The Bertz CT molecular complexity index is 801. The molecule has 1 aliphatic rings. The third kappa shape index (κ3) is 3.92. The van der Waals surface area contributed by atoms with Crippen molar-refractivity contribution in [3.05, 3.63) is 35.8 Å². The van der Waals surface area contributed by atoms with Gasteiger partial charge in [0.15, 0.2) is 0 Å². The van der Waals surface area contributed by atoms with E-state index in [-0.39, 0.29) is 12.1 Å². The minimum atomic E-state index is -1.11. The number of halogens is 1. The highest BCUT2D eigenvalue weighted by Crippen LogP contribution is 2.29. The van der Waals surface area contributed by atoms with Crippen molar-refractivity contribution in [3.8, 4) is 5.75 Å². The molecule has 2 atom stereocenters. The number of rotatable bonds is 6. The van der Waals surface area contributed by atoms with Gasteiger partial charge < -0.3 is 14.9 Å². The Kier molecular flexibility index (Phi) is 5.65. The molecule has 0 spiro atoms. The summed E-state index contributed by atoms with van der Waals surface area (Å²) in [7, 11) is 1.51. The number of aliphatic hydroxyl groups is 1. The molecule has 3 rings (SSSR count). The number of fused-ring (bicyclic) bond motifs is 1. The van der Waals surface area contributed by atoms with Crippen LogP contribution in [-0.2, 0) is 4.79 Å². The smallest absolute Gasteiger partial charge is 0.307 e. The highest BCUT2D eigenvalue weighted by Gasteiger charge is 2.26. The summed E-state index contributed by atoms with van der Waals surface area (Å²) >= 11 is 0. The molecule has 7 nitrogen and oxygen atoms in total. The number of carboxylic acid groups (broad SMARTS) is 1. The molecule has 2 aromatic rings. The first-order chi connectivity index (χ1) is 12.5. The molecule has 2 heterocycles. The SMILES string of the molecule is COc1ccc2ncc(F)c(C(O)CNN3CCCC(C(=O)O)C3)c2c1. The molecular weight excluding hydrogens is 341 g/mol. The Morgan fingerprint density at radius 2 is 2.35 bits per heavy atom. The fraction of sp³-hybridized carbons (Fsp3) is 0.444. The van der Waals surface area contributed by atoms with E-state index in [0.717, 1.165) is 12.6 Å². The van der Waals surface area contributed by atoms with Crippen LogP contribution >= 0.6 is 0 Å². The molecule has 140 valence electrons. The third-order valence-electron chi connectivity index (χ3n) is 4.68. The number of aliphatic hydroxyl groups excluding tert-OH is 1. The van der Waals surface area contributed by atoms with Crippen molar-refractivity contribution >= 4 is 16.9 Å². The van der Waals surface area contributed by atoms with Gasteiger partial charge in [0, 0.05) is 30.6 Å². The topological polar surface area (TPSA) is 94.9 Å². The summed E-state index contributed by atoms with van der Waals surface area (Å²) in [5.41, 5.74) is 3.73. The number of piperidine rings is 1. The van der Waals surface area contributed by atoms with Gasteiger partial charge in [-0.15, -0.1) is 0 Å². The Labute approximate surface area is 150 Å². The van der Waals surface area contributed by atoms with Crippen molar-refractivity contribution in [3.63, 3.8) is 0 Å². The predicted octanol–water partition coefficient (Wildman–Crippen LogP) is 1.72. The number of hydrogen-bond acceptors (Lipinski definition) is 6. The van der Waals surface area contributed by atoms with Crippen molar-refractivity contribution in [2.45, 2.75) is 18.9 Å². The molecule has 8 heteroatoms. The lowest BCUT2D eigenvalue weighted by Crippen LogP contribution is -2.48. The number of ether oxygens (including phenoxy) is 1. The average Bonchev–Trinajstić information content (AvgIpc) is 2.65. The molecule has 0 amide bonds. The second-order valence-electron chi connectivity index (χ2n) is 6.40. The Morgan fingerprint density at radius 1 is 1.54 bits per heavy atom. The van der Waals surface area contributed by atoms with E-state index in [1.165, 1.54) is 7.11 Å². The first-order valence-electron chi connectivity index (χ1n) is 8.51. The first-order valence-corrected chi connectivity index (χ1v) is 8.51. The van der Waals surface area contributed by atoms with Crippen molar-refractivity contribution < 1.29 is 24.1 Å². The number of hydrogen-bond donors (Lipinski definition) is 3. The van der Waals surface area contributed by atoms with Crippen LogP contribution in [0.25, 0.3) is 10.9 Å². The zero-order valence-corrected chi connectivity index (χ0v) is 14.5. The second kappa shape index (κ2) is 7.94. The van der Waals surface area contributed by atoms with Crippen LogP contribution in [0, 0.1) is 11.7 Å². The number of carbonyl (C=O) groups is 1. The average molecular weight is 363 g/mol. The van der Waals surface area contributed by atoms with Crippen LogP contribution in [0.1, 0.15) is 24.5 Å². The van der Waals surface area contributed by atoms with E-state index in [9.17, 15) is 14.3 Å². The lowest BCUT2D eigenvalue weighted by Gasteiger charge is -2.31. The van der Waals surface area contributed by atoms with Gasteiger partial charge in [0.1, 0.15) is 11.6 Å². The van der Waals surface area contributed by atoms with E-state index >= 15 is 0 Å². The summed E-state index contributed by atoms with van der Waals surface area (Å²) in [5.74, 6) is -1.31. The van der Waals surface area contributed by atoms with Crippen LogP contribution in [0.3, 0.4) is 0 Å². The van der Waals surface area contributed by atoms with Crippen LogP contribution < -0.4 is 10.2 Å². The van der Waals surface area contributed by atoms with Crippen molar-refractivity contribution in [1.82, 2.24) is 15.4 Å². The number of hydrazine groups is 1. The number of aromatic nitrogens is 1. The van der Waals surface area contributed by atoms with E-state index in [0.29, 0.717) is 36.2 Å². The van der Waals surface area contributed by atoms with Crippen molar-refractivity contribution in [2.24, 2.45) is 5.92 Å². The lowest BCUT2D eigenvalue weighted by molar-refractivity contribution is -0.144. The van der Waals surface area contributed by atoms with Gasteiger partial charge in [-0.25, -0.2) is 9.40 Å². The van der Waals surface area contributed by atoms with Gasteiger partial charge in [0.2, 0.25) is 0 Å². The van der Waals surface area contributed by atoms with Crippen molar-refractivity contribution in [2.75, 3.05) is 26.7 Å². The minimum absolute atomic E-state index is 0.0690. The zero-order valence-electron chi connectivity index (χ0n) is 14.5. The lowest BCUT2D eigenvalue weighted by atomic mass is 9.99. The zero-order chi connectivity index (χ0) is 18.7. The number of methoxy groups -OCH3 is 1. The van der Waals surface area contributed by atoms with Gasteiger partial charge in [-0.3, -0.25) is 15.2 Å². The molecule has 1 aromatic carbocycles. The number of nitrogens with one attached hydrogen (secondary N) is 1. The van der Waals surface area contributed by atoms with Crippen LogP contribution in [0.5, 0.6) is 5.75 Å². The normalized spacial score (nSPS) is 19.4. The summed E-state index contributed by atoms with van der Waals surface area (Å²) in [6.07, 6.45) is 1.37. The number of aliphatic carboxylic acids is 1. The van der Waals surface area contributed by atoms with E-state index in [4.69, 9.17) is 9.84 Å². The Morgan fingerprint density at radius 3 is 3.08 bits per heavy atom. The van der Waals surface area contributed by atoms with E-state index < -0.39 is 23.8 Å². The molecule has 1 aromatic heterocycles.